The summed E-state index contributed by atoms with van der Waals surface area (Å²) < 4.78 is 27.1. The molecule has 0 spiro atoms. The number of piperidine rings is 2. The number of hydrogen-bond acceptors (Lipinski definition) is 8. The first-order valence-electron chi connectivity index (χ1n) is 12.6. The summed E-state index contributed by atoms with van der Waals surface area (Å²) in [5, 5.41) is 16.0. The van der Waals surface area contributed by atoms with Crippen molar-refractivity contribution < 1.29 is 18.7 Å². The molecule has 2 saturated heterocycles. The highest BCUT2D eigenvalue weighted by atomic mass is 19.1. The molecule has 3 heterocycles. The van der Waals surface area contributed by atoms with Gasteiger partial charge in [0.1, 0.15) is 17.4 Å². The van der Waals surface area contributed by atoms with E-state index in [1.807, 2.05) is 0 Å². The van der Waals surface area contributed by atoms with Gasteiger partial charge < -0.3 is 25.5 Å². The van der Waals surface area contributed by atoms with Crippen LogP contribution in [0.2, 0.25) is 0 Å². The lowest BCUT2D eigenvalue weighted by molar-refractivity contribution is 0.102. The van der Waals surface area contributed by atoms with Crippen molar-refractivity contribution >= 4 is 35.1 Å². The Kier molecular flexibility index (Phi) is 7.29. The van der Waals surface area contributed by atoms with Gasteiger partial charge in [0.05, 0.1) is 11.3 Å². The van der Waals surface area contributed by atoms with Crippen LogP contribution in [-0.4, -0.2) is 52.1 Å². The summed E-state index contributed by atoms with van der Waals surface area (Å²) in [6.45, 7) is 3.56. The summed E-state index contributed by atoms with van der Waals surface area (Å²) in [4.78, 5) is 31.0. The van der Waals surface area contributed by atoms with Crippen molar-refractivity contribution in [2.24, 2.45) is 0 Å². The molecule has 0 saturated carbocycles. The quantitative estimate of drug-likeness (QED) is 0.434. The highest BCUT2D eigenvalue weighted by Gasteiger charge is 2.21. The summed E-state index contributed by atoms with van der Waals surface area (Å²) >= 11 is 0. The molecule has 2 fully saturated rings. The molecule has 2 aromatic carbocycles. The third kappa shape index (κ3) is 5.87. The third-order valence-corrected chi connectivity index (χ3v) is 6.57. The first kappa shape index (κ1) is 24.7. The summed E-state index contributed by atoms with van der Waals surface area (Å²) in [7, 11) is 0. The Balaban J connectivity index is 1.36. The maximum atomic E-state index is 13.9. The summed E-state index contributed by atoms with van der Waals surface area (Å²) in [5.74, 6) is -1.10. The average Bonchev–Trinajstić information content (AvgIpc) is 2.91. The molecule has 0 radical (unpaired) electrons. The van der Waals surface area contributed by atoms with Crippen LogP contribution in [0.15, 0.2) is 36.4 Å². The van der Waals surface area contributed by atoms with Gasteiger partial charge >= 0.3 is 0 Å². The van der Waals surface area contributed by atoms with Crippen LogP contribution in [-0.2, 0) is 0 Å². The van der Waals surface area contributed by atoms with Crippen LogP contribution in [0.1, 0.15) is 48.9 Å². The zero-order valence-electron chi connectivity index (χ0n) is 20.4. The van der Waals surface area contributed by atoms with Crippen molar-refractivity contribution in [3.05, 3.63) is 53.6 Å². The van der Waals surface area contributed by atoms with E-state index in [1.54, 1.807) is 6.07 Å². The van der Waals surface area contributed by atoms with E-state index >= 15 is 0 Å². The average molecular weight is 510 g/mol. The lowest BCUT2D eigenvalue weighted by Crippen LogP contribution is -2.34. The first-order valence-corrected chi connectivity index (χ1v) is 12.6. The van der Waals surface area contributed by atoms with Gasteiger partial charge in [-0.2, -0.15) is 15.0 Å². The number of carbonyl (C=O) groups is 1. The molecule has 194 valence electrons. The van der Waals surface area contributed by atoms with Crippen LogP contribution in [0.4, 0.5) is 38.0 Å². The topological polar surface area (TPSA) is 107 Å². The standard InChI is InChI=1S/C26H29F2N7O2/c27-17-7-10-21(20(28)15-17)30-23(37)19-9-8-18(16-22(19)36)29-24-31-25(34-11-3-1-4-12-34)33-26(32-24)35-13-5-2-6-14-35/h7-10,15-16,36H,1-6,11-14H2,(H,30,37)(H,29,31,32,33). The van der Waals surface area contributed by atoms with Gasteiger partial charge in [-0.25, -0.2) is 8.78 Å². The fourth-order valence-electron chi connectivity index (χ4n) is 4.59. The number of phenolic OH excluding ortho intramolecular Hbond substituents is 1. The van der Waals surface area contributed by atoms with Crippen LogP contribution in [0.5, 0.6) is 5.75 Å². The van der Waals surface area contributed by atoms with Gasteiger partial charge in [0, 0.05) is 44.0 Å². The maximum absolute atomic E-state index is 13.9. The minimum Gasteiger partial charge on any atom is -0.507 e. The van der Waals surface area contributed by atoms with Crippen molar-refractivity contribution in [1.29, 1.82) is 0 Å². The Morgan fingerprint density at radius 2 is 1.43 bits per heavy atom. The Bertz CT molecular complexity index is 1240. The number of phenols is 1. The van der Waals surface area contributed by atoms with Crippen LogP contribution in [0.3, 0.4) is 0 Å². The van der Waals surface area contributed by atoms with E-state index in [9.17, 15) is 18.7 Å². The predicted molar refractivity (Wildman–Crippen MR) is 138 cm³/mol. The number of halogens is 2. The van der Waals surface area contributed by atoms with E-state index in [4.69, 9.17) is 4.98 Å². The molecule has 2 aliphatic rings. The number of carbonyl (C=O) groups excluding carboxylic acids is 1. The second-order valence-corrected chi connectivity index (χ2v) is 9.29. The number of rotatable bonds is 6. The SMILES string of the molecule is O=C(Nc1ccc(F)cc1F)c1ccc(Nc2nc(N3CCCCC3)nc(N3CCCCC3)n2)cc1O. The minimum absolute atomic E-state index is 0.0621. The highest BCUT2D eigenvalue weighted by molar-refractivity contribution is 6.06. The fraction of sp³-hybridized carbons (Fsp3) is 0.385. The fourth-order valence-corrected chi connectivity index (χ4v) is 4.59. The predicted octanol–water partition coefficient (Wildman–Crippen LogP) is 4.83. The first-order chi connectivity index (χ1) is 18.0. The summed E-state index contributed by atoms with van der Waals surface area (Å²) in [5.41, 5.74) is 0.226. The molecule has 1 aromatic heterocycles. The number of aromatic hydroxyl groups is 1. The third-order valence-electron chi connectivity index (χ3n) is 6.57. The van der Waals surface area contributed by atoms with E-state index in [2.05, 4.69) is 30.4 Å². The van der Waals surface area contributed by atoms with Gasteiger partial charge in [-0.05, 0) is 62.8 Å². The number of nitrogens with one attached hydrogen (secondary N) is 2. The Hall–Kier alpha value is -4.02. The van der Waals surface area contributed by atoms with E-state index in [-0.39, 0.29) is 17.0 Å². The normalized spacial score (nSPS) is 15.9. The smallest absolute Gasteiger partial charge is 0.259 e. The Morgan fingerprint density at radius 3 is 2.00 bits per heavy atom. The lowest BCUT2D eigenvalue weighted by atomic mass is 10.1. The molecule has 37 heavy (non-hydrogen) atoms. The maximum Gasteiger partial charge on any atom is 0.259 e. The number of aromatic nitrogens is 3. The van der Waals surface area contributed by atoms with E-state index in [1.165, 1.54) is 25.0 Å². The van der Waals surface area contributed by atoms with Gasteiger partial charge in [0.2, 0.25) is 17.8 Å². The van der Waals surface area contributed by atoms with Gasteiger partial charge in [-0.1, -0.05) is 0 Å². The molecular formula is C26H29F2N7O2. The van der Waals surface area contributed by atoms with Crippen molar-refractivity contribution in [3.8, 4) is 5.75 Å². The van der Waals surface area contributed by atoms with Gasteiger partial charge in [0.25, 0.3) is 5.91 Å². The van der Waals surface area contributed by atoms with E-state index in [0.717, 1.165) is 64.0 Å². The van der Waals surface area contributed by atoms with E-state index in [0.29, 0.717) is 29.6 Å². The largest absolute Gasteiger partial charge is 0.507 e. The molecule has 0 atom stereocenters. The second kappa shape index (κ2) is 10.9. The Morgan fingerprint density at radius 1 is 0.811 bits per heavy atom. The zero-order valence-corrected chi connectivity index (χ0v) is 20.4. The molecule has 2 aliphatic heterocycles. The summed E-state index contributed by atoms with van der Waals surface area (Å²) in [6.07, 6.45) is 6.75. The van der Waals surface area contributed by atoms with Crippen molar-refractivity contribution in [1.82, 2.24) is 15.0 Å². The monoisotopic (exact) mass is 509 g/mol. The van der Waals surface area contributed by atoms with E-state index < -0.39 is 17.5 Å². The Labute approximate surface area is 213 Å². The molecule has 5 rings (SSSR count). The molecule has 3 N–H and O–H groups in total. The van der Waals surface area contributed by atoms with Crippen molar-refractivity contribution in [2.75, 3.05) is 46.6 Å². The number of nitrogens with zero attached hydrogens (tertiary/aromatic N) is 5. The molecule has 1 amide bonds. The van der Waals surface area contributed by atoms with Gasteiger partial charge in [-0.3, -0.25) is 4.79 Å². The van der Waals surface area contributed by atoms with Gasteiger partial charge in [-0.15, -0.1) is 0 Å². The lowest BCUT2D eigenvalue weighted by Gasteiger charge is -2.30. The number of amides is 1. The van der Waals surface area contributed by atoms with Crippen molar-refractivity contribution in [3.63, 3.8) is 0 Å². The highest BCUT2D eigenvalue weighted by Crippen LogP contribution is 2.28. The molecular weight excluding hydrogens is 480 g/mol. The second-order valence-electron chi connectivity index (χ2n) is 9.29. The van der Waals surface area contributed by atoms with Crippen molar-refractivity contribution in [2.45, 2.75) is 38.5 Å². The zero-order chi connectivity index (χ0) is 25.8. The van der Waals surface area contributed by atoms with Gasteiger partial charge in [0.15, 0.2) is 0 Å². The molecule has 0 bridgehead atoms. The van der Waals surface area contributed by atoms with Crippen LogP contribution in [0.25, 0.3) is 0 Å². The molecule has 0 unspecified atom stereocenters. The molecule has 9 nitrogen and oxygen atoms in total. The molecule has 0 aliphatic carbocycles. The summed E-state index contributed by atoms with van der Waals surface area (Å²) in [6, 6.07) is 7.22. The van der Waals surface area contributed by atoms with Crippen LogP contribution in [0, 0.1) is 11.6 Å². The number of anilines is 5. The minimum atomic E-state index is -0.907. The van der Waals surface area contributed by atoms with Crippen LogP contribution >= 0.6 is 0 Å². The van der Waals surface area contributed by atoms with Crippen LogP contribution < -0.4 is 20.4 Å². The number of hydrogen-bond donors (Lipinski definition) is 3. The molecule has 3 aromatic rings. The molecule has 11 heteroatoms. The number of benzene rings is 2.